The highest BCUT2D eigenvalue weighted by Gasteiger charge is 2.09. The summed E-state index contributed by atoms with van der Waals surface area (Å²) in [5, 5.41) is 0. The normalized spacial score (nSPS) is 14.1. The van der Waals surface area contributed by atoms with Crippen molar-refractivity contribution < 1.29 is 4.74 Å². The summed E-state index contributed by atoms with van der Waals surface area (Å²) in [6.07, 6.45) is 9.60. The molecule has 0 bridgehead atoms. The third-order valence-corrected chi connectivity index (χ3v) is 4.71. The fourth-order valence-corrected chi connectivity index (χ4v) is 3.35. The highest BCUT2D eigenvalue weighted by Crippen LogP contribution is 2.22. The van der Waals surface area contributed by atoms with E-state index in [2.05, 4.69) is 54.4 Å². The molecule has 2 aromatic rings. The Balaban J connectivity index is 1.53. The molecule has 3 rings (SSSR count). The van der Waals surface area contributed by atoms with Crippen LogP contribution < -0.4 is 4.74 Å². The molecule has 2 heteroatoms. The lowest BCUT2D eigenvalue weighted by atomic mass is 9.90. The molecule has 24 heavy (non-hydrogen) atoms. The predicted molar refractivity (Wildman–Crippen MR) is 101 cm³/mol. The molecular weight excluding hydrogens is 294 g/mol. The second-order valence-electron chi connectivity index (χ2n) is 6.68. The van der Waals surface area contributed by atoms with Gasteiger partial charge in [-0.1, -0.05) is 42.5 Å². The zero-order valence-electron chi connectivity index (χ0n) is 14.8. The lowest BCUT2D eigenvalue weighted by Crippen LogP contribution is -2.18. The lowest BCUT2D eigenvalue weighted by molar-refractivity contribution is 0.363. The van der Waals surface area contributed by atoms with E-state index in [9.17, 15) is 0 Å². The molecule has 0 aliphatic heterocycles. The Morgan fingerprint density at radius 3 is 2.50 bits per heavy atom. The Kier molecular flexibility index (Phi) is 5.71. The Morgan fingerprint density at radius 2 is 1.75 bits per heavy atom. The number of nitrogens with zero attached hydrogens (tertiary/aromatic N) is 1. The maximum absolute atomic E-state index is 5.19. The zero-order valence-corrected chi connectivity index (χ0v) is 14.8. The molecule has 0 saturated heterocycles. The van der Waals surface area contributed by atoms with Crippen molar-refractivity contribution in [3.63, 3.8) is 0 Å². The van der Waals surface area contributed by atoms with Gasteiger partial charge in [-0.3, -0.25) is 4.90 Å². The molecule has 0 atom stereocenters. The van der Waals surface area contributed by atoms with Crippen LogP contribution in [0.25, 0.3) is 6.08 Å². The summed E-state index contributed by atoms with van der Waals surface area (Å²) in [4.78, 5) is 2.35. The fraction of sp³-hybridized carbons (Fsp3) is 0.364. The quantitative estimate of drug-likeness (QED) is 0.763. The third kappa shape index (κ3) is 4.48. The van der Waals surface area contributed by atoms with E-state index in [0.29, 0.717) is 0 Å². The van der Waals surface area contributed by atoms with E-state index in [1.54, 1.807) is 18.2 Å². The fourth-order valence-electron chi connectivity index (χ4n) is 3.35. The molecule has 2 aromatic carbocycles. The number of likely N-dealkylation sites (N-methyl/N-ethyl adjacent to an activating group) is 1. The van der Waals surface area contributed by atoms with Gasteiger partial charge in [0.25, 0.3) is 0 Å². The number of hydrogen-bond donors (Lipinski definition) is 0. The zero-order chi connectivity index (χ0) is 16.8. The minimum Gasteiger partial charge on any atom is -0.497 e. The monoisotopic (exact) mass is 321 g/mol. The number of hydrogen-bond acceptors (Lipinski definition) is 2. The van der Waals surface area contributed by atoms with Gasteiger partial charge in [0.2, 0.25) is 0 Å². The Hall–Kier alpha value is -2.06. The summed E-state index contributed by atoms with van der Waals surface area (Å²) < 4.78 is 5.19. The van der Waals surface area contributed by atoms with Crippen LogP contribution in [0.3, 0.4) is 0 Å². The summed E-state index contributed by atoms with van der Waals surface area (Å²) in [5.41, 5.74) is 5.77. The van der Waals surface area contributed by atoms with Gasteiger partial charge < -0.3 is 4.74 Å². The molecule has 0 fully saturated rings. The van der Waals surface area contributed by atoms with E-state index in [0.717, 1.165) is 18.8 Å². The molecule has 0 heterocycles. The van der Waals surface area contributed by atoms with Crippen molar-refractivity contribution >= 4 is 6.08 Å². The molecule has 2 nitrogen and oxygen atoms in total. The van der Waals surface area contributed by atoms with Gasteiger partial charge in [-0.25, -0.2) is 0 Å². The molecule has 0 unspecified atom stereocenters. The third-order valence-electron chi connectivity index (χ3n) is 4.71. The summed E-state index contributed by atoms with van der Waals surface area (Å²) in [5.74, 6) is 0.900. The van der Waals surface area contributed by atoms with Crippen molar-refractivity contribution in [1.29, 1.82) is 0 Å². The van der Waals surface area contributed by atoms with Crippen molar-refractivity contribution in [2.24, 2.45) is 0 Å². The van der Waals surface area contributed by atoms with Crippen molar-refractivity contribution in [3.05, 3.63) is 70.8 Å². The highest BCUT2D eigenvalue weighted by molar-refractivity contribution is 5.50. The van der Waals surface area contributed by atoms with Crippen LogP contribution in [-0.4, -0.2) is 25.6 Å². The van der Waals surface area contributed by atoms with Crippen LogP contribution in [0.15, 0.2) is 48.5 Å². The van der Waals surface area contributed by atoms with Crippen molar-refractivity contribution in [2.75, 3.05) is 20.7 Å². The summed E-state index contributed by atoms with van der Waals surface area (Å²) in [7, 11) is 3.87. The molecule has 0 amide bonds. The number of benzene rings is 2. The molecular formula is C22H27NO. The van der Waals surface area contributed by atoms with E-state index < -0.39 is 0 Å². The summed E-state index contributed by atoms with van der Waals surface area (Å²) in [6, 6.07) is 15.2. The maximum Gasteiger partial charge on any atom is 0.118 e. The first kappa shape index (κ1) is 16.8. The molecule has 0 aromatic heterocycles. The van der Waals surface area contributed by atoms with Gasteiger partial charge in [0.1, 0.15) is 5.75 Å². The first-order valence-electron chi connectivity index (χ1n) is 8.84. The first-order chi connectivity index (χ1) is 11.7. The average Bonchev–Trinajstić information content (AvgIpc) is 2.62. The molecule has 0 N–H and O–H groups in total. The second kappa shape index (κ2) is 8.16. The lowest BCUT2D eigenvalue weighted by Gasteiger charge is -2.19. The van der Waals surface area contributed by atoms with Crippen LogP contribution in [-0.2, 0) is 19.4 Å². The summed E-state index contributed by atoms with van der Waals surface area (Å²) >= 11 is 0. The van der Waals surface area contributed by atoms with Crippen LogP contribution in [0.2, 0.25) is 0 Å². The van der Waals surface area contributed by atoms with Crippen LogP contribution >= 0.6 is 0 Å². The summed E-state index contributed by atoms with van der Waals surface area (Å²) in [6.45, 7) is 1.95. The minimum absolute atomic E-state index is 0.900. The van der Waals surface area contributed by atoms with Gasteiger partial charge in [0.15, 0.2) is 0 Å². The van der Waals surface area contributed by atoms with Crippen molar-refractivity contribution in [2.45, 2.75) is 32.2 Å². The van der Waals surface area contributed by atoms with Gasteiger partial charge in [0, 0.05) is 13.1 Å². The van der Waals surface area contributed by atoms with E-state index in [4.69, 9.17) is 4.74 Å². The number of aryl methyl sites for hydroxylation is 2. The largest absolute Gasteiger partial charge is 0.497 e. The molecule has 1 aliphatic rings. The van der Waals surface area contributed by atoms with Crippen molar-refractivity contribution in [1.82, 2.24) is 4.90 Å². The standard InChI is InChI=1S/C22H27NO/c1-23(15-5-6-18-10-13-22(24-2)14-11-18)17-19-9-12-20-7-3-4-8-21(20)16-19/h5-6,9-14,16H,3-4,7-8,15,17H2,1-2H3. The van der Waals surface area contributed by atoms with Gasteiger partial charge in [-0.15, -0.1) is 0 Å². The molecule has 0 spiro atoms. The van der Waals surface area contributed by atoms with Crippen LogP contribution in [0.5, 0.6) is 5.75 Å². The minimum atomic E-state index is 0.900. The molecule has 0 radical (unpaired) electrons. The van der Waals surface area contributed by atoms with Crippen molar-refractivity contribution in [3.8, 4) is 5.75 Å². The first-order valence-corrected chi connectivity index (χ1v) is 8.84. The Bertz CT molecular complexity index is 688. The Morgan fingerprint density at radius 1 is 1.00 bits per heavy atom. The van der Waals surface area contributed by atoms with E-state index in [-0.39, 0.29) is 0 Å². The number of fused-ring (bicyclic) bond motifs is 1. The number of ether oxygens (including phenoxy) is 1. The predicted octanol–water partition coefficient (Wildman–Crippen LogP) is 4.72. The average molecular weight is 321 g/mol. The molecule has 126 valence electrons. The molecule has 0 saturated carbocycles. The second-order valence-corrected chi connectivity index (χ2v) is 6.68. The number of rotatable bonds is 6. The van der Waals surface area contributed by atoms with Crippen LogP contribution in [0, 0.1) is 0 Å². The van der Waals surface area contributed by atoms with Gasteiger partial charge in [-0.05, 0) is 67.1 Å². The Labute approximate surface area is 145 Å². The maximum atomic E-state index is 5.19. The van der Waals surface area contributed by atoms with Gasteiger partial charge in [0.05, 0.1) is 7.11 Å². The van der Waals surface area contributed by atoms with Gasteiger partial charge >= 0.3 is 0 Å². The van der Waals surface area contributed by atoms with Crippen LogP contribution in [0.1, 0.15) is 35.1 Å². The topological polar surface area (TPSA) is 12.5 Å². The molecule has 1 aliphatic carbocycles. The van der Waals surface area contributed by atoms with Crippen LogP contribution in [0.4, 0.5) is 0 Å². The van der Waals surface area contributed by atoms with E-state index >= 15 is 0 Å². The SMILES string of the molecule is COc1ccc(C=CCN(C)Cc2ccc3c(c2)CCCC3)cc1. The smallest absolute Gasteiger partial charge is 0.118 e. The number of methoxy groups -OCH3 is 1. The van der Waals surface area contributed by atoms with E-state index in [1.807, 2.05) is 12.1 Å². The van der Waals surface area contributed by atoms with Gasteiger partial charge in [-0.2, -0.15) is 0 Å². The highest BCUT2D eigenvalue weighted by atomic mass is 16.5. The van der Waals surface area contributed by atoms with E-state index in [1.165, 1.54) is 36.8 Å².